The van der Waals surface area contributed by atoms with Crippen LogP contribution in [0.25, 0.3) is 0 Å². The number of nitrogens with zero attached hydrogens (tertiary/aromatic N) is 2. The van der Waals surface area contributed by atoms with Crippen LogP contribution in [-0.4, -0.2) is 45.1 Å². The van der Waals surface area contributed by atoms with E-state index < -0.39 is 5.69 Å². The summed E-state index contributed by atoms with van der Waals surface area (Å²) in [5, 5.41) is 2.92. The van der Waals surface area contributed by atoms with Gasteiger partial charge < -0.3 is 24.8 Å². The number of methoxy groups -OCH3 is 1. The molecule has 0 aromatic carbocycles. The van der Waals surface area contributed by atoms with Crippen LogP contribution in [0.15, 0.2) is 23.4 Å². The largest absolute Gasteiger partial charge is 0.477 e. The first-order valence-electron chi connectivity index (χ1n) is 7.76. The minimum absolute atomic E-state index is 0.0100. The smallest absolute Gasteiger partial charge is 0.323 e. The zero-order valence-electron chi connectivity index (χ0n) is 13.2. The number of carbonyl (C=O) groups is 1. The second-order valence-electron chi connectivity index (χ2n) is 5.59. The summed E-state index contributed by atoms with van der Waals surface area (Å²) in [6.45, 7) is 0. The molecule has 0 radical (unpaired) electrons. The van der Waals surface area contributed by atoms with Crippen LogP contribution in [-0.2, 0) is 0 Å². The molecule has 0 bridgehead atoms. The summed E-state index contributed by atoms with van der Waals surface area (Å²) >= 11 is 0. The van der Waals surface area contributed by atoms with Gasteiger partial charge in [0.15, 0.2) is 0 Å². The molecule has 0 aliphatic heterocycles. The molecule has 0 unspecified atom stereocenters. The molecule has 0 atom stereocenters. The minimum Gasteiger partial charge on any atom is -0.477 e. The Morgan fingerprint density at radius 3 is 2.54 bits per heavy atom. The molecule has 3 N–H and O–H groups in total. The summed E-state index contributed by atoms with van der Waals surface area (Å²) in [4.78, 5) is 36.1. The lowest BCUT2D eigenvalue weighted by Crippen LogP contribution is -2.40. The van der Waals surface area contributed by atoms with Gasteiger partial charge in [-0.15, -0.1) is 0 Å². The predicted molar refractivity (Wildman–Crippen MR) is 84.1 cm³/mol. The molecule has 24 heavy (non-hydrogen) atoms. The van der Waals surface area contributed by atoms with E-state index in [1.807, 2.05) is 0 Å². The predicted octanol–water partition coefficient (Wildman–Crippen LogP) is 0.622. The van der Waals surface area contributed by atoms with Gasteiger partial charge in [-0.3, -0.25) is 4.79 Å². The number of ether oxygens (including phenoxy) is 2. The molecule has 9 nitrogen and oxygen atoms in total. The van der Waals surface area contributed by atoms with E-state index >= 15 is 0 Å². The monoisotopic (exact) mass is 333 g/mol. The average Bonchev–Trinajstić information content (AvgIpc) is 3.04. The van der Waals surface area contributed by atoms with Crippen LogP contribution in [0.2, 0.25) is 0 Å². The van der Waals surface area contributed by atoms with Gasteiger partial charge in [-0.2, -0.15) is 0 Å². The Balaban J connectivity index is 1.50. The van der Waals surface area contributed by atoms with Gasteiger partial charge in [0.2, 0.25) is 0 Å². The highest BCUT2D eigenvalue weighted by atomic mass is 16.5. The number of rotatable bonds is 5. The number of hydrogen-bond acceptors (Lipinski definition) is 6. The van der Waals surface area contributed by atoms with Crippen molar-refractivity contribution in [2.75, 3.05) is 7.11 Å². The topological polar surface area (TPSA) is 122 Å². The fourth-order valence-corrected chi connectivity index (χ4v) is 2.73. The van der Waals surface area contributed by atoms with Crippen molar-refractivity contribution in [2.24, 2.45) is 0 Å². The lowest BCUT2D eigenvalue weighted by atomic mass is 9.93. The van der Waals surface area contributed by atoms with E-state index in [1.54, 1.807) is 12.4 Å². The van der Waals surface area contributed by atoms with Crippen LogP contribution in [0.3, 0.4) is 0 Å². The van der Waals surface area contributed by atoms with Gasteiger partial charge in [0.1, 0.15) is 11.8 Å². The summed E-state index contributed by atoms with van der Waals surface area (Å²) in [6, 6.07) is 0.0551. The van der Waals surface area contributed by atoms with Gasteiger partial charge >= 0.3 is 5.69 Å². The van der Waals surface area contributed by atoms with Gasteiger partial charge in [0.05, 0.1) is 7.11 Å². The quantitative estimate of drug-likeness (QED) is 0.737. The van der Waals surface area contributed by atoms with E-state index in [9.17, 15) is 9.59 Å². The summed E-state index contributed by atoms with van der Waals surface area (Å²) < 4.78 is 11.0. The van der Waals surface area contributed by atoms with Gasteiger partial charge in [0.25, 0.3) is 17.7 Å². The second kappa shape index (κ2) is 7.16. The van der Waals surface area contributed by atoms with Gasteiger partial charge in [-0.05, 0) is 25.7 Å². The molecule has 9 heteroatoms. The lowest BCUT2D eigenvalue weighted by molar-refractivity contribution is 0.0882. The highest BCUT2D eigenvalue weighted by Crippen LogP contribution is 2.27. The Morgan fingerprint density at radius 2 is 1.92 bits per heavy atom. The number of hydrogen-bond donors (Lipinski definition) is 3. The maximum atomic E-state index is 12.0. The number of nitrogens with one attached hydrogen (secondary N) is 3. The zero-order valence-corrected chi connectivity index (χ0v) is 13.2. The molecular formula is C15H19N5O4. The summed E-state index contributed by atoms with van der Waals surface area (Å²) in [7, 11) is 1.52. The summed E-state index contributed by atoms with van der Waals surface area (Å²) in [5.74, 6) is 0.468. The van der Waals surface area contributed by atoms with Gasteiger partial charge in [-0.25, -0.2) is 14.8 Å². The van der Waals surface area contributed by atoms with Crippen LogP contribution in [0.4, 0.5) is 0 Å². The molecule has 1 amide bonds. The fourth-order valence-electron chi connectivity index (χ4n) is 2.73. The molecule has 1 aliphatic rings. The molecule has 1 saturated carbocycles. The van der Waals surface area contributed by atoms with E-state index in [2.05, 4.69) is 25.3 Å². The number of imidazole rings is 1. The van der Waals surface area contributed by atoms with E-state index in [4.69, 9.17) is 9.47 Å². The Bertz CT molecular complexity index is 748. The summed E-state index contributed by atoms with van der Waals surface area (Å²) in [6.07, 6.45) is 7.62. The van der Waals surface area contributed by atoms with E-state index in [-0.39, 0.29) is 23.7 Å². The van der Waals surface area contributed by atoms with Gasteiger partial charge in [0, 0.05) is 24.6 Å². The van der Waals surface area contributed by atoms with Crippen LogP contribution < -0.4 is 20.5 Å². The molecular weight excluding hydrogens is 314 g/mol. The SMILES string of the molecule is COc1nccnc1OC1CCC(NC(=O)c2c[nH]c(=O)[nH]2)CC1. The van der Waals surface area contributed by atoms with Crippen molar-refractivity contribution in [3.63, 3.8) is 0 Å². The van der Waals surface area contributed by atoms with Crippen LogP contribution in [0.1, 0.15) is 36.2 Å². The van der Waals surface area contributed by atoms with E-state index in [0.717, 1.165) is 25.7 Å². The Kier molecular flexibility index (Phi) is 4.78. The minimum atomic E-state index is -0.393. The van der Waals surface area contributed by atoms with Crippen molar-refractivity contribution in [2.45, 2.75) is 37.8 Å². The standard InChI is InChI=1S/C15H19N5O4/c1-23-13-14(17-7-6-16-13)24-10-4-2-9(3-5-10)19-12(21)11-8-18-15(22)20-11/h6-10H,2-5H2,1H3,(H,19,21)(H2,18,20,22). The maximum Gasteiger partial charge on any atom is 0.323 e. The molecule has 128 valence electrons. The van der Waals surface area contributed by atoms with Crippen molar-refractivity contribution in [3.05, 3.63) is 34.8 Å². The Labute approximate surface area is 137 Å². The van der Waals surface area contributed by atoms with Crippen molar-refractivity contribution in [1.29, 1.82) is 0 Å². The highest BCUT2D eigenvalue weighted by Gasteiger charge is 2.25. The fraction of sp³-hybridized carbons (Fsp3) is 0.467. The number of H-pyrrole nitrogens is 2. The maximum absolute atomic E-state index is 12.0. The van der Waals surface area contributed by atoms with Crippen molar-refractivity contribution < 1.29 is 14.3 Å². The lowest BCUT2D eigenvalue weighted by Gasteiger charge is -2.29. The normalized spacial score (nSPS) is 20.4. The number of aromatic amines is 2. The number of amides is 1. The van der Waals surface area contributed by atoms with Crippen molar-refractivity contribution in [1.82, 2.24) is 25.3 Å². The van der Waals surface area contributed by atoms with Crippen molar-refractivity contribution in [3.8, 4) is 11.8 Å². The molecule has 3 rings (SSSR count). The van der Waals surface area contributed by atoms with Crippen molar-refractivity contribution >= 4 is 5.91 Å². The van der Waals surface area contributed by atoms with Crippen LogP contribution in [0, 0.1) is 0 Å². The first-order chi connectivity index (χ1) is 11.7. The Hall–Kier alpha value is -2.84. The third-order valence-corrected chi connectivity index (χ3v) is 3.95. The summed E-state index contributed by atoms with van der Waals surface area (Å²) in [5.41, 5.74) is -0.155. The molecule has 1 fully saturated rings. The zero-order chi connectivity index (χ0) is 16.9. The second-order valence-corrected chi connectivity index (χ2v) is 5.59. The Morgan fingerprint density at radius 1 is 1.21 bits per heavy atom. The van der Waals surface area contributed by atoms with Gasteiger partial charge in [-0.1, -0.05) is 0 Å². The first kappa shape index (κ1) is 16.0. The average molecular weight is 333 g/mol. The molecule has 0 spiro atoms. The van der Waals surface area contributed by atoms with E-state index in [1.165, 1.54) is 13.3 Å². The van der Waals surface area contributed by atoms with Crippen LogP contribution in [0.5, 0.6) is 11.8 Å². The molecule has 0 saturated heterocycles. The molecule has 2 aromatic heterocycles. The number of carbonyl (C=O) groups excluding carboxylic acids is 1. The third kappa shape index (κ3) is 3.73. The molecule has 2 aromatic rings. The van der Waals surface area contributed by atoms with Crippen LogP contribution >= 0.6 is 0 Å². The van der Waals surface area contributed by atoms with E-state index in [0.29, 0.717) is 11.8 Å². The molecule has 1 aliphatic carbocycles. The molecule has 2 heterocycles. The third-order valence-electron chi connectivity index (χ3n) is 3.95. The highest BCUT2D eigenvalue weighted by molar-refractivity contribution is 5.92. The first-order valence-corrected chi connectivity index (χ1v) is 7.76. The number of aromatic nitrogens is 4.